The van der Waals surface area contributed by atoms with Crippen LogP contribution in [-0.4, -0.2) is 53.0 Å². The van der Waals surface area contributed by atoms with Crippen molar-refractivity contribution in [3.63, 3.8) is 0 Å². The van der Waals surface area contributed by atoms with Crippen LogP contribution in [0.1, 0.15) is 64.4 Å². The lowest BCUT2D eigenvalue weighted by molar-refractivity contribution is 0.0887. The molecule has 0 saturated heterocycles. The van der Waals surface area contributed by atoms with E-state index in [4.69, 9.17) is 14.6 Å². The molecule has 3 N–H and O–H groups in total. The molecule has 0 unspecified atom stereocenters. The topological polar surface area (TPSA) is 110 Å². The molecule has 2 heterocycles. The fourth-order valence-electron chi connectivity index (χ4n) is 5.16. The van der Waals surface area contributed by atoms with Gasteiger partial charge in [-0.1, -0.05) is 19.1 Å². The van der Waals surface area contributed by atoms with Crippen LogP contribution < -0.4 is 20.1 Å². The second-order valence-electron chi connectivity index (χ2n) is 10.2. The molecule has 10 heteroatoms. The first-order chi connectivity index (χ1) is 19.9. The zero-order chi connectivity index (χ0) is 28.8. The zero-order valence-electron chi connectivity index (χ0n) is 23.0. The smallest absolute Gasteiger partial charge is 0.257 e. The molecule has 0 radical (unpaired) electrons. The first-order valence-electron chi connectivity index (χ1n) is 14.0. The van der Waals surface area contributed by atoms with Gasteiger partial charge in [0.2, 0.25) is 5.88 Å². The van der Waals surface area contributed by atoms with Gasteiger partial charge in [-0.25, -0.2) is 9.37 Å². The number of halogens is 1. The van der Waals surface area contributed by atoms with E-state index in [0.29, 0.717) is 42.7 Å². The highest BCUT2D eigenvalue weighted by atomic mass is 32.2. The van der Waals surface area contributed by atoms with E-state index < -0.39 is 11.7 Å². The van der Waals surface area contributed by atoms with Crippen LogP contribution in [-0.2, 0) is 12.8 Å². The molecule has 0 spiro atoms. The highest BCUT2D eigenvalue weighted by molar-refractivity contribution is 7.99. The molecule has 3 aromatic rings. The van der Waals surface area contributed by atoms with Crippen LogP contribution in [0.4, 0.5) is 4.39 Å². The predicted octanol–water partition coefficient (Wildman–Crippen LogP) is 5.07. The maximum atomic E-state index is 14.1. The van der Waals surface area contributed by atoms with Crippen molar-refractivity contribution in [1.82, 2.24) is 15.6 Å². The minimum Gasteiger partial charge on any atom is -0.490 e. The Bertz CT molecular complexity index is 1410. The number of hydrogen-bond acceptors (Lipinski definition) is 7. The van der Waals surface area contributed by atoms with Gasteiger partial charge in [-0.2, -0.15) is 0 Å². The standard InChI is InChI=1S/C31H34FN3O5S/c1-2-19-3-10-27(39-13-12-36)25(15-19)29(37)34-22-5-7-23(8-6-22)35-30(38)26-16-21(32)18-33-31(26)40-24-9-4-20-11-14-41-28(20)17-24/h3-4,9-10,15-18,22-23,36H,2,5-8,11-14H2,1H3,(H,34,37)(H,35,38). The molecule has 2 aromatic carbocycles. The summed E-state index contributed by atoms with van der Waals surface area (Å²) in [6, 6.07) is 12.2. The SMILES string of the molecule is CCc1ccc(OCCO)c(C(=O)NC2CCC(NC(=O)c3cc(F)cnc3Oc3ccc4c(c3)SCC4)CC2)c1. The molecule has 1 aliphatic carbocycles. The van der Waals surface area contributed by atoms with Crippen LogP contribution in [0.2, 0.25) is 0 Å². The van der Waals surface area contributed by atoms with Crippen LogP contribution in [0, 0.1) is 5.82 Å². The normalized spacial score (nSPS) is 17.9. The molecule has 1 saturated carbocycles. The van der Waals surface area contributed by atoms with Crippen LogP contribution in [0.3, 0.4) is 0 Å². The Hall–Kier alpha value is -3.63. The number of aromatic nitrogens is 1. The predicted molar refractivity (Wildman–Crippen MR) is 155 cm³/mol. The molecule has 5 rings (SSSR count). The summed E-state index contributed by atoms with van der Waals surface area (Å²) < 4.78 is 25.6. The Kier molecular flexibility index (Phi) is 9.41. The molecule has 216 valence electrons. The first kappa shape index (κ1) is 28.9. The average Bonchev–Trinajstić information content (AvgIpc) is 3.46. The van der Waals surface area contributed by atoms with Crippen molar-refractivity contribution in [2.24, 2.45) is 0 Å². The average molecular weight is 580 g/mol. The number of carbonyl (C=O) groups excluding carboxylic acids is 2. The summed E-state index contributed by atoms with van der Waals surface area (Å²) in [6.45, 7) is 1.98. The van der Waals surface area contributed by atoms with E-state index in [9.17, 15) is 14.0 Å². The lowest BCUT2D eigenvalue weighted by atomic mass is 9.90. The van der Waals surface area contributed by atoms with Gasteiger partial charge >= 0.3 is 0 Å². The van der Waals surface area contributed by atoms with E-state index in [1.165, 1.54) is 5.56 Å². The Balaban J connectivity index is 1.18. The number of nitrogens with zero attached hydrogens (tertiary/aromatic N) is 1. The highest BCUT2D eigenvalue weighted by Gasteiger charge is 2.27. The van der Waals surface area contributed by atoms with Gasteiger partial charge in [0.15, 0.2) is 0 Å². The Morgan fingerprint density at radius 3 is 2.46 bits per heavy atom. The molecule has 0 bridgehead atoms. The van der Waals surface area contributed by atoms with E-state index in [2.05, 4.69) is 15.6 Å². The van der Waals surface area contributed by atoms with Gasteiger partial charge in [-0.05, 0) is 80.0 Å². The number of hydrogen-bond donors (Lipinski definition) is 3. The number of aliphatic hydroxyl groups excluding tert-OH is 1. The van der Waals surface area contributed by atoms with Crippen molar-refractivity contribution in [2.75, 3.05) is 19.0 Å². The lowest BCUT2D eigenvalue weighted by Gasteiger charge is -2.30. The summed E-state index contributed by atoms with van der Waals surface area (Å²) in [7, 11) is 0. The summed E-state index contributed by atoms with van der Waals surface area (Å²) in [4.78, 5) is 31.5. The quantitative estimate of drug-likeness (QED) is 0.308. The zero-order valence-corrected chi connectivity index (χ0v) is 23.8. The number of ether oxygens (including phenoxy) is 2. The van der Waals surface area contributed by atoms with Crippen molar-refractivity contribution in [2.45, 2.75) is 62.4 Å². The number of fused-ring (bicyclic) bond motifs is 1. The van der Waals surface area contributed by atoms with Gasteiger partial charge in [0, 0.05) is 22.7 Å². The number of nitrogens with one attached hydrogen (secondary N) is 2. The molecule has 1 aliphatic heterocycles. The summed E-state index contributed by atoms with van der Waals surface area (Å²) in [5.74, 6) is 0.788. The number of carbonyl (C=O) groups is 2. The molecule has 0 atom stereocenters. The highest BCUT2D eigenvalue weighted by Crippen LogP contribution is 2.35. The molecular formula is C31H34FN3O5S. The summed E-state index contributed by atoms with van der Waals surface area (Å²) in [5, 5.41) is 15.2. The molecule has 2 aliphatic rings. The molecule has 41 heavy (non-hydrogen) atoms. The maximum absolute atomic E-state index is 14.1. The number of aryl methyl sites for hydroxylation is 2. The summed E-state index contributed by atoms with van der Waals surface area (Å²) in [5.41, 5.74) is 2.77. The van der Waals surface area contributed by atoms with E-state index in [0.717, 1.165) is 41.3 Å². The third-order valence-corrected chi connectivity index (χ3v) is 8.49. The van der Waals surface area contributed by atoms with Crippen LogP contribution in [0.25, 0.3) is 0 Å². The molecule has 8 nitrogen and oxygen atoms in total. The summed E-state index contributed by atoms with van der Waals surface area (Å²) >= 11 is 1.76. The van der Waals surface area contributed by atoms with Crippen molar-refractivity contribution < 1.29 is 28.6 Å². The van der Waals surface area contributed by atoms with E-state index in [1.54, 1.807) is 17.8 Å². The summed E-state index contributed by atoms with van der Waals surface area (Å²) in [6.07, 6.45) is 5.49. The molecular weight excluding hydrogens is 545 g/mol. The number of pyridine rings is 1. The van der Waals surface area contributed by atoms with Gasteiger partial charge in [-0.15, -0.1) is 11.8 Å². The number of thioether (sulfide) groups is 1. The molecule has 1 aromatic heterocycles. The van der Waals surface area contributed by atoms with Gasteiger partial charge < -0.3 is 25.2 Å². The molecule has 1 fully saturated rings. The van der Waals surface area contributed by atoms with E-state index in [1.807, 2.05) is 37.3 Å². The van der Waals surface area contributed by atoms with E-state index >= 15 is 0 Å². The van der Waals surface area contributed by atoms with Gasteiger partial charge in [0.25, 0.3) is 11.8 Å². The van der Waals surface area contributed by atoms with Crippen molar-refractivity contribution in [3.8, 4) is 17.4 Å². The molecule has 2 amide bonds. The van der Waals surface area contributed by atoms with Crippen LogP contribution in [0.15, 0.2) is 53.6 Å². The maximum Gasteiger partial charge on any atom is 0.257 e. The van der Waals surface area contributed by atoms with Gasteiger partial charge in [0.1, 0.15) is 29.5 Å². The minimum absolute atomic E-state index is 0.0415. The fourth-order valence-corrected chi connectivity index (χ4v) is 6.25. The largest absolute Gasteiger partial charge is 0.490 e. The monoisotopic (exact) mass is 579 g/mol. The van der Waals surface area contributed by atoms with Gasteiger partial charge in [-0.3, -0.25) is 9.59 Å². The lowest BCUT2D eigenvalue weighted by Crippen LogP contribution is -2.44. The minimum atomic E-state index is -0.618. The van der Waals surface area contributed by atoms with Crippen LogP contribution >= 0.6 is 11.8 Å². The number of aliphatic hydroxyl groups is 1. The first-order valence-corrected chi connectivity index (χ1v) is 15.0. The van der Waals surface area contributed by atoms with Crippen molar-refractivity contribution in [1.29, 1.82) is 0 Å². The van der Waals surface area contributed by atoms with Crippen LogP contribution in [0.5, 0.6) is 17.4 Å². The Morgan fingerprint density at radius 2 is 1.76 bits per heavy atom. The van der Waals surface area contributed by atoms with Gasteiger partial charge in [0.05, 0.1) is 18.4 Å². The number of amides is 2. The Morgan fingerprint density at radius 1 is 1.02 bits per heavy atom. The van der Waals surface area contributed by atoms with E-state index in [-0.39, 0.29) is 42.6 Å². The number of rotatable bonds is 10. The second-order valence-corrected chi connectivity index (χ2v) is 11.4. The van der Waals surface area contributed by atoms with Crippen molar-refractivity contribution >= 4 is 23.6 Å². The fraction of sp³-hybridized carbons (Fsp3) is 0.387. The Labute approximate surface area is 243 Å². The third kappa shape index (κ3) is 7.18. The second kappa shape index (κ2) is 13.4. The number of benzene rings is 2. The third-order valence-electron chi connectivity index (χ3n) is 7.39. The van der Waals surface area contributed by atoms with Crippen molar-refractivity contribution in [3.05, 3.63) is 76.7 Å².